The Bertz CT molecular complexity index is 811. The maximum Gasteiger partial charge on any atom is 0.237 e. The molecular formula is C21H24N4O2. The monoisotopic (exact) mass is 364 g/mol. The SMILES string of the molecule is COc1cc(NN=C(C#N)C#N)c(C23CC4CC(CC(C4)C2)C3)cc1OC. The van der Waals surface area contributed by atoms with E-state index in [1.54, 1.807) is 26.4 Å². The van der Waals surface area contributed by atoms with Gasteiger partial charge >= 0.3 is 0 Å². The molecule has 0 amide bonds. The van der Waals surface area contributed by atoms with Crippen LogP contribution < -0.4 is 14.9 Å². The highest BCUT2D eigenvalue weighted by atomic mass is 16.5. The second kappa shape index (κ2) is 6.78. The Labute approximate surface area is 159 Å². The first-order valence-corrected chi connectivity index (χ1v) is 9.51. The van der Waals surface area contributed by atoms with Crippen LogP contribution in [0.3, 0.4) is 0 Å². The van der Waals surface area contributed by atoms with Crippen LogP contribution >= 0.6 is 0 Å². The van der Waals surface area contributed by atoms with Gasteiger partial charge in [-0.25, -0.2) is 0 Å². The predicted octanol–water partition coefficient (Wildman–Crippen LogP) is 3.99. The van der Waals surface area contributed by atoms with E-state index in [0.717, 1.165) is 23.4 Å². The number of hydrazone groups is 1. The molecule has 140 valence electrons. The van der Waals surface area contributed by atoms with Gasteiger partial charge in [0.25, 0.3) is 0 Å². The van der Waals surface area contributed by atoms with Crippen molar-refractivity contribution in [1.82, 2.24) is 0 Å². The Morgan fingerprint density at radius 2 is 1.52 bits per heavy atom. The number of hydrogen-bond acceptors (Lipinski definition) is 6. The number of rotatable bonds is 5. The number of benzene rings is 1. The van der Waals surface area contributed by atoms with Crippen molar-refractivity contribution in [3.8, 4) is 23.6 Å². The van der Waals surface area contributed by atoms with Gasteiger partial charge in [-0.05, 0) is 73.3 Å². The predicted molar refractivity (Wildman–Crippen MR) is 102 cm³/mol. The first-order chi connectivity index (χ1) is 13.1. The van der Waals surface area contributed by atoms with E-state index in [1.807, 2.05) is 6.07 Å². The molecule has 5 rings (SSSR count). The fraction of sp³-hybridized carbons (Fsp3) is 0.571. The second-order valence-corrected chi connectivity index (χ2v) is 8.25. The number of hydrogen-bond donors (Lipinski definition) is 1. The Kier molecular flexibility index (Phi) is 4.44. The minimum absolute atomic E-state index is 0.117. The maximum atomic E-state index is 9.00. The van der Waals surface area contributed by atoms with Crippen LogP contribution in [-0.2, 0) is 5.41 Å². The maximum absolute atomic E-state index is 9.00. The van der Waals surface area contributed by atoms with Crippen molar-refractivity contribution in [1.29, 1.82) is 10.5 Å². The third kappa shape index (κ3) is 3.00. The fourth-order valence-corrected chi connectivity index (χ4v) is 6.04. The van der Waals surface area contributed by atoms with E-state index in [-0.39, 0.29) is 11.1 Å². The van der Waals surface area contributed by atoms with Gasteiger partial charge in [-0.3, -0.25) is 5.43 Å². The number of anilines is 1. The summed E-state index contributed by atoms with van der Waals surface area (Å²) in [6, 6.07) is 7.55. The third-order valence-electron chi connectivity index (χ3n) is 6.63. The van der Waals surface area contributed by atoms with Gasteiger partial charge in [0.15, 0.2) is 11.5 Å². The smallest absolute Gasteiger partial charge is 0.237 e. The Balaban J connectivity index is 1.80. The summed E-state index contributed by atoms with van der Waals surface area (Å²) in [4.78, 5) is 0. The first-order valence-electron chi connectivity index (χ1n) is 9.51. The van der Waals surface area contributed by atoms with E-state index in [4.69, 9.17) is 20.0 Å². The van der Waals surface area contributed by atoms with Crippen molar-refractivity contribution in [2.45, 2.75) is 43.9 Å². The Morgan fingerprint density at radius 3 is 2.00 bits per heavy atom. The molecule has 0 spiro atoms. The number of methoxy groups -OCH3 is 2. The lowest BCUT2D eigenvalue weighted by Gasteiger charge is -2.57. The van der Waals surface area contributed by atoms with Gasteiger partial charge in [-0.2, -0.15) is 15.6 Å². The Hall–Kier alpha value is -2.73. The largest absolute Gasteiger partial charge is 0.493 e. The first kappa shape index (κ1) is 17.7. The molecule has 1 aromatic carbocycles. The van der Waals surface area contributed by atoms with E-state index in [9.17, 15) is 0 Å². The minimum Gasteiger partial charge on any atom is -0.493 e. The minimum atomic E-state index is -0.193. The van der Waals surface area contributed by atoms with Crippen LogP contribution in [0.4, 0.5) is 5.69 Å². The van der Waals surface area contributed by atoms with E-state index in [2.05, 4.69) is 16.6 Å². The van der Waals surface area contributed by atoms with E-state index in [0.29, 0.717) is 11.5 Å². The summed E-state index contributed by atoms with van der Waals surface area (Å²) in [7, 11) is 3.25. The molecule has 4 fully saturated rings. The summed E-state index contributed by atoms with van der Waals surface area (Å²) in [5.41, 5.74) is 4.88. The quantitative estimate of drug-likeness (QED) is 0.630. The van der Waals surface area contributed by atoms with Gasteiger partial charge < -0.3 is 9.47 Å². The zero-order valence-electron chi connectivity index (χ0n) is 15.8. The average molecular weight is 364 g/mol. The topological polar surface area (TPSA) is 90.4 Å². The van der Waals surface area contributed by atoms with Crippen LogP contribution in [0.15, 0.2) is 17.2 Å². The summed E-state index contributed by atoms with van der Waals surface area (Å²) in [5.74, 6) is 3.72. The molecule has 27 heavy (non-hydrogen) atoms. The summed E-state index contributed by atoms with van der Waals surface area (Å²) >= 11 is 0. The molecule has 0 heterocycles. The molecule has 0 aliphatic heterocycles. The van der Waals surface area contributed by atoms with Gasteiger partial charge in [0, 0.05) is 6.07 Å². The molecule has 0 radical (unpaired) electrons. The summed E-state index contributed by atoms with van der Waals surface area (Å²) in [6.45, 7) is 0. The molecule has 4 aliphatic carbocycles. The fourth-order valence-electron chi connectivity index (χ4n) is 6.04. The lowest BCUT2D eigenvalue weighted by Crippen LogP contribution is -2.48. The normalized spacial score (nSPS) is 30.1. The molecular weight excluding hydrogens is 340 g/mol. The Morgan fingerprint density at radius 1 is 1.00 bits per heavy atom. The second-order valence-electron chi connectivity index (χ2n) is 8.25. The van der Waals surface area contributed by atoms with Crippen LogP contribution in [0, 0.1) is 40.4 Å². The third-order valence-corrected chi connectivity index (χ3v) is 6.63. The molecule has 6 nitrogen and oxygen atoms in total. The highest BCUT2D eigenvalue weighted by molar-refractivity contribution is 6.10. The number of nitrogens with zero attached hydrogens (tertiary/aromatic N) is 3. The standard InChI is InChI=1S/C21H24N4O2/c1-26-19-6-17(18(7-20(19)27-2)25-24-16(11-22)12-23)21-8-13-3-14(9-21)5-15(4-13)10-21/h6-7,13-15,25H,3-5,8-10H2,1-2H3. The molecule has 4 aliphatic rings. The summed E-state index contributed by atoms with van der Waals surface area (Å²) < 4.78 is 11.0. The van der Waals surface area contributed by atoms with Crippen molar-refractivity contribution < 1.29 is 9.47 Å². The molecule has 4 bridgehead atoms. The van der Waals surface area contributed by atoms with Crippen molar-refractivity contribution in [2.24, 2.45) is 22.9 Å². The van der Waals surface area contributed by atoms with Gasteiger partial charge in [0.1, 0.15) is 12.1 Å². The zero-order valence-corrected chi connectivity index (χ0v) is 15.8. The zero-order chi connectivity index (χ0) is 19.0. The molecule has 1 N–H and O–H groups in total. The summed E-state index contributed by atoms with van der Waals surface area (Å²) in [5, 5.41) is 22.0. The van der Waals surface area contributed by atoms with E-state index in [1.165, 1.54) is 44.1 Å². The van der Waals surface area contributed by atoms with Gasteiger partial charge in [-0.1, -0.05) is 0 Å². The van der Waals surface area contributed by atoms with Crippen molar-refractivity contribution in [2.75, 3.05) is 19.6 Å². The lowest BCUT2D eigenvalue weighted by atomic mass is 9.48. The van der Waals surface area contributed by atoms with Crippen LogP contribution in [0.2, 0.25) is 0 Å². The molecule has 0 atom stereocenters. The number of nitrogens with one attached hydrogen (secondary N) is 1. The molecule has 1 aromatic rings. The average Bonchev–Trinajstić information content (AvgIpc) is 2.67. The lowest BCUT2D eigenvalue weighted by molar-refractivity contribution is -0.00496. The number of ether oxygens (including phenoxy) is 2. The van der Waals surface area contributed by atoms with Crippen LogP contribution in [0.5, 0.6) is 11.5 Å². The molecule has 4 saturated carbocycles. The van der Waals surface area contributed by atoms with Crippen molar-refractivity contribution in [3.05, 3.63) is 17.7 Å². The van der Waals surface area contributed by atoms with Gasteiger partial charge in [0.2, 0.25) is 5.71 Å². The van der Waals surface area contributed by atoms with Crippen molar-refractivity contribution >= 4 is 11.4 Å². The van der Waals surface area contributed by atoms with Crippen LogP contribution in [0.1, 0.15) is 44.1 Å². The number of nitriles is 2. The highest BCUT2D eigenvalue weighted by Crippen LogP contribution is 2.62. The molecule has 6 heteroatoms. The molecule has 0 aromatic heterocycles. The van der Waals surface area contributed by atoms with E-state index >= 15 is 0 Å². The van der Waals surface area contributed by atoms with Gasteiger partial charge in [-0.15, -0.1) is 0 Å². The highest BCUT2D eigenvalue weighted by Gasteiger charge is 2.52. The summed E-state index contributed by atoms with van der Waals surface area (Å²) in [6.07, 6.45) is 7.66. The van der Waals surface area contributed by atoms with E-state index < -0.39 is 0 Å². The van der Waals surface area contributed by atoms with Crippen molar-refractivity contribution in [3.63, 3.8) is 0 Å². The van der Waals surface area contributed by atoms with Gasteiger partial charge in [0.05, 0.1) is 19.9 Å². The van der Waals surface area contributed by atoms with Crippen LogP contribution in [-0.4, -0.2) is 19.9 Å². The molecule has 0 unspecified atom stereocenters. The van der Waals surface area contributed by atoms with Crippen LogP contribution in [0.25, 0.3) is 0 Å². The molecule has 0 saturated heterocycles.